The van der Waals surface area contributed by atoms with Crippen molar-refractivity contribution in [2.45, 2.75) is 26.8 Å². The highest BCUT2D eigenvalue weighted by Crippen LogP contribution is 2.20. The summed E-state index contributed by atoms with van der Waals surface area (Å²) in [7, 11) is 0. The number of thiophene rings is 1. The van der Waals surface area contributed by atoms with Gasteiger partial charge in [-0.3, -0.25) is 4.98 Å². The van der Waals surface area contributed by atoms with E-state index in [1.807, 2.05) is 23.7 Å². The van der Waals surface area contributed by atoms with Crippen molar-refractivity contribution in [3.8, 4) is 0 Å². The summed E-state index contributed by atoms with van der Waals surface area (Å²) in [6.45, 7) is 6.34. The molecule has 0 aliphatic rings. The van der Waals surface area contributed by atoms with Crippen LogP contribution in [0.3, 0.4) is 0 Å². The minimum atomic E-state index is 0.973. The van der Waals surface area contributed by atoms with E-state index in [0.29, 0.717) is 0 Å². The molecule has 0 bridgehead atoms. The molecule has 17 heavy (non-hydrogen) atoms. The maximum atomic E-state index is 4.02. The Morgan fingerprint density at radius 3 is 2.65 bits per heavy atom. The van der Waals surface area contributed by atoms with Gasteiger partial charge in [0, 0.05) is 28.7 Å². The third-order valence-electron chi connectivity index (χ3n) is 2.80. The molecule has 0 saturated heterocycles. The second-order valence-electron chi connectivity index (χ2n) is 4.22. The summed E-state index contributed by atoms with van der Waals surface area (Å²) in [6.07, 6.45) is 4.76. The van der Waals surface area contributed by atoms with Crippen LogP contribution in [0, 0.1) is 13.8 Å². The standard InChI is InChI=1S/C14H18N2S/c1-11-9-14(12(2)17-11)10-16-8-5-13-3-6-15-7-4-13/h3-4,6-7,9,16H,5,8,10H2,1-2H3. The van der Waals surface area contributed by atoms with Crippen LogP contribution >= 0.6 is 11.3 Å². The number of nitrogens with zero attached hydrogens (tertiary/aromatic N) is 1. The Morgan fingerprint density at radius 1 is 1.24 bits per heavy atom. The quantitative estimate of drug-likeness (QED) is 0.820. The van der Waals surface area contributed by atoms with Crippen molar-refractivity contribution in [3.63, 3.8) is 0 Å². The van der Waals surface area contributed by atoms with Gasteiger partial charge in [-0.1, -0.05) is 0 Å². The van der Waals surface area contributed by atoms with Gasteiger partial charge in [-0.05, 0) is 56.1 Å². The van der Waals surface area contributed by atoms with Crippen molar-refractivity contribution in [2.24, 2.45) is 0 Å². The van der Waals surface area contributed by atoms with Crippen LogP contribution < -0.4 is 5.32 Å². The van der Waals surface area contributed by atoms with Crippen LogP contribution in [0.1, 0.15) is 20.9 Å². The van der Waals surface area contributed by atoms with E-state index in [1.165, 1.54) is 20.9 Å². The van der Waals surface area contributed by atoms with Crippen LogP contribution in [0.5, 0.6) is 0 Å². The Kier molecular flexibility index (Phi) is 4.29. The van der Waals surface area contributed by atoms with Gasteiger partial charge in [0.25, 0.3) is 0 Å². The molecule has 0 spiro atoms. The molecule has 2 heterocycles. The van der Waals surface area contributed by atoms with E-state index in [9.17, 15) is 0 Å². The lowest BCUT2D eigenvalue weighted by atomic mass is 10.2. The Bertz CT molecular complexity index is 462. The molecule has 3 heteroatoms. The fourth-order valence-electron chi connectivity index (χ4n) is 1.86. The highest BCUT2D eigenvalue weighted by Gasteiger charge is 2.01. The number of rotatable bonds is 5. The van der Waals surface area contributed by atoms with Crippen LogP contribution in [-0.4, -0.2) is 11.5 Å². The summed E-state index contributed by atoms with van der Waals surface area (Å²) in [5, 5.41) is 3.49. The molecule has 2 aromatic heterocycles. The predicted octanol–water partition coefficient (Wildman–Crippen LogP) is 3.09. The van der Waals surface area contributed by atoms with E-state index in [1.54, 1.807) is 0 Å². The summed E-state index contributed by atoms with van der Waals surface area (Å²) in [5.74, 6) is 0. The molecular weight excluding hydrogens is 228 g/mol. The zero-order valence-corrected chi connectivity index (χ0v) is 11.2. The van der Waals surface area contributed by atoms with Crippen LogP contribution in [0.25, 0.3) is 0 Å². The highest BCUT2D eigenvalue weighted by molar-refractivity contribution is 7.12. The van der Waals surface area contributed by atoms with Crippen molar-refractivity contribution >= 4 is 11.3 Å². The van der Waals surface area contributed by atoms with E-state index in [2.05, 4.69) is 42.3 Å². The molecule has 0 aliphatic carbocycles. The third kappa shape index (κ3) is 3.65. The SMILES string of the molecule is Cc1cc(CNCCc2ccncc2)c(C)s1. The molecule has 0 radical (unpaired) electrons. The van der Waals surface area contributed by atoms with Crippen molar-refractivity contribution in [3.05, 3.63) is 51.5 Å². The van der Waals surface area contributed by atoms with Crippen molar-refractivity contribution in [1.29, 1.82) is 0 Å². The fourth-order valence-corrected chi connectivity index (χ4v) is 2.81. The summed E-state index contributed by atoms with van der Waals surface area (Å²) in [4.78, 5) is 6.84. The molecule has 0 saturated carbocycles. The number of hydrogen-bond donors (Lipinski definition) is 1. The van der Waals surface area contributed by atoms with E-state index in [-0.39, 0.29) is 0 Å². The first-order valence-corrected chi connectivity index (χ1v) is 6.73. The maximum Gasteiger partial charge on any atom is 0.0270 e. The molecule has 0 atom stereocenters. The number of nitrogens with one attached hydrogen (secondary N) is 1. The van der Waals surface area contributed by atoms with Gasteiger partial charge in [0.05, 0.1) is 0 Å². The van der Waals surface area contributed by atoms with Crippen molar-refractivity contribution in [2.75, 3.05) is 6.54 Å². The molecule has 1 N–H and O–H groups in total. The zero-order valence-electron chi connectivity index (χ0n) is 10.4. The van der Waals surface area contributed by atoms with Gasteiger partial charge >= 0.3 is 0 Å². The van der Waals surface area contributed by atoms with E-state index in [0.717, 1.165) is 19.5 Å². The second kappa shape index (κ2) is 5.94. The van der Waals surface area contributed by atoms with Gasteiger partial charge in [0.2, 0.25) is 0 Å². The van der Waals surface area contributed by atoms with E-state index < -0.39 is 0 Å². The molecule has 0 aliphatic heterocycles. The van der Waals surface area contributed by atoms with Gasteiger partial charge in [0.1, 0.15) is 0 Å². The van der Waals surface area contributed by atoms with E-state index >= 15 is 0 Å². The lowest BCUT2D eigenvalue weighted by Gasteiger charge is -2.04. The zero-order chi connectivity index (χ0) is 12.1. The smallest absolute Gasteiger partial charge is 0.0270 e. The lowest BCUT2D eigenvalue weighted by Crippen LogP contribution is -2.16. The molecule has 2 aromatic rings. The molecule has 0 aromatic carbocycles. The molecule has 0 unspecified atom stereocenters. The minimum absolute atomic E-state index is 0.973. The van der Waals surface area contributed by atoms with Gasteiger partial charge in [0.15, 0.2) is 0 Å². The van der Waals surface area contributed by atoms with Gasteiger partial charge in [-0.15, -0.1) is 11.3 Å². The summed E-state index contributed by atoms with van der Waals surface area (Å²) >= 11 is 1.88. The van der Waals surface area contributed by atoms with Crippen molar-refractivity contribution in [1.82, 2.24) is 10.3 Å². The number of hydrogen-bond acceptors (Lipinski definition) is 3. The normalized spacial score (nSPS) is 10.7. The molecule has 2 nitrogen and oxygen atoms in total. The monoisotopic (exact) mass is 246 g/mol. The predicted molar refractivity (Wildman–Crippen MR) is 73.4 cm³/mol. The van der Waals surface area contributed by atoms with Gasteiger partial charge < -0.3 is 5.32 Å². The second-order valence-corrected chi connectivity index (χ2v) is 5.68. The highest BCUT2D eigenvalue weighted by atomic mass is 32.1. The number of aryl methyl sites for hydroxylation is 2. The molecule has 0 amide bonds. The molecule has 90 valence electrons. The summed E-state index contributed by atoms with van der Waals surface area (Å²) in [5.41, 5.74) is 2.77. The summed E-state index contributed by atoms with van der Waals surface area (Å²) in [6, 6.07) is 6.42. The Morgan fingerprint density at radius 2 is 2.00 bits per heavy atom. The molecule has 0 fully saturated rings. The first-order chi connectivity index (χ1) is 8.25. The number of aromatic nitrogens is 1. The first kappa shape index (κ1) is 12.3. The average Bonchev–Trinajstić information content (AvgIpc) is 2.65. The van der Waals surface area contributed by atoms with Gasteiger partial charge in [-0.25, -0.2) is 0 Å². The van der Waals surface area contributed by atoms with Crippen LogP contribution in [0.4, 0.5) is 0 Å². The molecule has 2 rings (SSSR count). The Hall–Kier alpha value is -1.19. The van der Waals surface area contributed by atoms with Crippen LogP contribution in [0.15, 0.2) is 30.6 Å². The van der Waals surface area contributed by atoms with Crippen LogP contribution in [0.2, 0.25) is 0 Å². The topological polar surface area (TPSA) is 24.9 Å². The van der Waals surface area contributed by atoms with Crippen LogP contribution in [-0.2, 0) is 13.0 Å². The number of pyridine rings is 1. The largest absolute Gasteiger partial charge is 0.312 e. The van der Waals surface area contributed by atoms with Crippen molar-refractivity contribution < 1.29 is 0 Å². The van der Waals surface area contributed by atoms with Gasteiger partial charge in [-0.2, -0.15) is 0 Å². The molecular formula is C14H18N2S. The fraction of sp³-hybridized carbons (Fsp3) is 0.357. The summed E-state index contributed by atoms with van der Waals surface area (Å²) < 4.78 is 0. The first-order valence-electron chi connectivity index (χ1n) is 5.91. The lowest BCUT2D eigenvalue weighted by molar-refractivity contribution is 0.686. The maximum absolute atomic E-state index is 4.02. The average molecular weight is 246 g/mol. The van der Waals surface area contributed by atoms with E-state index in [4.69, 9.17) is 0 Å². The minimum Gasteiger partial charge on any atom is -0.312 e. The Labute approximate surface area is 107 Å². The Balaban J connectivity index is 1.75. The third-order valence-corrected chi connectivity index (χ3v) is 3.81.